The molecule has 0 atom stereocenters. The van der Waals surface area contributed by atoms with E-state index in [4.69, 9.17) is 23.9 Å². The Balaban J connectivity index is 1.70. The third kappa shape index (κ3) is 4.84. The van der Waals surface area contributed by atoms with E-state index in [1.807, 2.05) is 12.1 Å². The lowest BCUT2D eigenvalue weighted by atomic mass is 10.1. The van der Waals surface area contributed by atoms with Crippen molar-refractivity contribution in [2.24, 2.45) is 0 Å². The Labute approximate surface area is 197 Å². The second kappa shape index (κ2) is 10.3. The number of hydrogen-bond acceptors (Lipinski definition) is 8. The van der Waals surface area contributed by atoms with Crippen molar-refractivity contribution in [1.82, 2.24) is 9.88 Å². The number of methoxy groups -OCH3 is 2. The third-order valence-electron chi connectivity index (χ3n) is 5.68. The van der Waals surface area contributed by atoms with Crippen molar-refractivity contribution in [3.63, 3.8) is 0 Å². The van der Waals surface area contributed by atoms with Crippen LogP contribution in [0.25, 0.3) is 10.2 Å². The topological polar surface area (TPSA) is 73.4 Å². The molecule has 176 valence electrons. The average Bonchev–Trinajstić information content (AvgIpc) is 3.27. The molecule has 1 amide bonds. The van der Waals surface area contributed by atoms with Crippen LogP contribution in [0.4, 0.5) is 5.13 Å². The van der Waals surface area contributed by atoms with Crippen molar-refractivity contribution in [3.8, 4) is 23.0 Å². The Bertz CT molecular complexity index is 1090. The van der Waals surface area contributed by atoms with E-state index < -0.39 is 0 Å². The number of fused-ring (bicyclic) bond motifs is 2. The maximum absolute atomic E-state index is 13.7. The fraction of sp³-hybridized carbons (Fsp3) is 0.417. The van der Waals surface area contributed by atoms with Gasteiger partial charge in [-0.3, -0.25) is 9.69 Å². The molecule has 0 N–H and O–H groups in total. The van der Waals surface area contributed by atoms with Crippen LogP contribution in [-0.4, -0.2) is 69.4 Å². The molecule has 0 saturated carbocycles. The maximum Gasteiger partial charge on any atom is 0.260 e. The van der Waals surface area contributed by atoms with Gasteiger partial charge in [0.25, 0.3) is 5.91 Å². The molecule has 3 aromatic rings. The van der Waals surface area contributed by atoms with Gasteiger partial charge in [-0.1, -0.05) is 25.2 Å². The lowest BCUT2D eigenvalue weighted by Crippen LogP contribution is -2.38. The summed E-state index contributed by atoms with van der Waals surface area (Å²) in [6.07, 6.45) is 0. The zero-order valence-electron chi connectivity index (χ0n) is 19.4. The summed E-state index contributed by atoms with van der Waals surface area (Å²) in [6, 6.07) is 9.05. The molecule has 1 aliphatic heterocycles. The zero-order chi connectivity index (χ0) is 23.4. The highest BCUT2D eigenvalue weighted by Gasteiger charge is 2.24. The largest absolute Gasteiger partial charge is 0.493 e. The first-order valence-corrected chi connectivity index (χ1v) is 11.9. The molecule has 2 aromatic carbocycles. The van der Waals surface area contributed by atoms with Crippen molar-refractivity contribution in [1.29, 1.82) is 0 Å². The molecule has 4 rings (SSSR count). The second-order valence-corrected chi connectivity index (χ2v) is 8.52. The minimum Gasteiger partial charge on any atom is -0.493 e. The summed E-state index contributed by atoms with van der Waals surface area (Å²) in [7, 11) is 3.20. The van der Waals surface area contributed by atoms with E-state index in [0.29, 0.717) is 53.5 Å². The maximum atomic E-state index is 13.7. The van der Waals surface area contributed by atoms with Gasteiger partial charge in [0, 0.05) is 30.8 Å². The quantitative estimate of drug-likeness (QED) is 0.466. The van der Waals surface area contributed by atoms with E-state index >= 15 is 0 Å². The standard InChI is InChI=1S/C24H29N3O5S/c1-5-26(6-2)9-10-27(23(28)16-7-8-18-21(13-16)32-12-11-31-18)24-25-17-14-19(29-3)20(30-4)15-22(17)33-24/h7-8,13-15H,5-6,9-12H2,1-4H3. The monoisotopic (exact) mass is 471 g/mol. The number of benzene rings is 2. The number of carbonyl (C=O) groups excluding carboxylic acids is 1. The van der Waals surface area contributed by atoms with Crippen molar-refractivity contribution >= 4 is 32.6 Å². The molecule has 0 bridgehead atoms. The fourth-order valence-corrected chi connectivity index (χ4v) is 4.76. The van der Waals surface area contributed by atoms with Crippen molar-refractivity contribution in [2.45, 2.75) is 13.8 Å². The Hall–Kier alpha value is -3.04. The lowest BCUT2D eigenvalue weighted by molar-refractivity contribution is 0.0982. The number of rotatable bonds is 9. The molecule has 1 aliphatic rings. The summed E-state index contributed by atoms with van der Waals surface area (Å²) in [5, 5.41) is 0.632. The minimum absolute atomic E-state index is 0.128. The fourth-order valence-electron chi connectivity index (χ4n) is 3.76. The van der Waals surface area contributed by atoms with Crippen LogP contribution in [0.15, 0.2) is 30.3 Å². The van der Waals surface area contributed by atoms with Gasteiger partial charge in [0.15, 0.2) is 28.1 Å². The first kappa shape index (κ1) is 23.1. The number of likely N-dealkylation sites (N-methyl/N-ethyl adjacent to an activating group) is 1. The highest BCUT2D eigenvalue weighted by Crippen LogP contribution is 2.38. The van der Waals surface area contributed by atoms with E-state index in [1.54, 1.807) is 37.3 Å². The first-order chi connectivity index (χ1) is 16.1. The van der Waals surface area contributed by atoms with Crippen LogP contribution in [0.5, 0.6) is 23.0 Å². The summed E-state index contributed by atoms with van der Waals surface area (Å²) < 4.78 is 23.1. The summed E-state index contributed by atoms with van der Waals surface area (Å²) in [5.41, 5.74) is 1.30. The molecule has 2 heterocycles. The summed E-state index contributed by atoms with van der Waals surface area (Å²) in [4.78, 5) is 22.5. The van der Waals surface area contributed by atoms with Gasteiger partial charge in [0.1, 0.15) is 13.2 Å². The van der Waals surface area contributed by atoms with E-state index in [0.717, 1.165) is 29.9 Å². The van der Waals surface area contributed by atoms with Crippen LogP contribution in [0.1, 0.15) is 24.2 Å². The number of ether oxygens (including phenoxy) is 4. The Morgan fingerprint density at radius 2 is 1.70 bits per heavy atom. The number of anilines is 1. The van der Waals surface area contributed by atoms with Gasteiger partial charge in [-0.25, -0.2) is 4.98 Å². The predicted octanol–water partition coefficient (Wildman–Crippen LogP) is 4.07. The number of hydrogen-bond donors (Lipinski definition) is 0. The number of carbonyl (C=O) groups is 1. The highest BCUT2D eigenvalue weighted by atomic mass is 32.1. The lowest BCUT2D eigenvalue weighted by Gasteiger charge is -2.25. The smallest absolute Gasteiger partial charge is 0.260 e. The van der Waals surface area contributed by atoms with Crippen molar-refractivity contribution in [3.05, 3.63) is 35.9 Å². The van der Waals surface area contributed by atoms with Gasteiger partial charge in [-0.15, -0.1) is 0 Å². The minimum atomic E-state index is -0.128. The first-order valence-electron chi connectivity index (χ1n) is 11.0. The Morgan fingerprint density at radius 1 is 1.00 bits per heavy atom. The van der Waals surface area contributed by atoms with Crippen molar-refractivity contribution < 1.29 is 23.7 Å². The molecule has 0 aliphatic carbocycles. The normalized spacial score (nSPS) is 12.8. The molecule has 33 heavy (non-hydrogen) atoms. The molecular weight excluding hydrogens is 442 g/mol. The van der Waals surface area contributed by atoms with E-state index in [2.05, 4.69) is 18.7 Å². The Morgan fingerprint density at radius 3 is 2.39 bits per heavy atom. The molecule has 9 heteroatoms. The average molecular weight is 472 g/mol. The summed E-state index contributed by atoms with van der Waals surface area (Å²) in [5.74, 6) is 2.36. The van der Waals surface area contributed by atoms with Crippen molar-refractivity contribution in [2.75, 3.05) is 58.5 Å². The molecule has 1 aromatic heterocycles. The van der Waals surface area contributed by atoms with Crippen LogP contribution in [-0.2, 0) is 0 Å². The second-order valence-electron chi connectivity index (χ2n) is 7.51. The molecule has 0 radical (unpaired) electrons. The van der Waals surface area contributed by atoms with E-state index in [9.17, 15) is 4.79 Å². The van der Waals surface area contributed by atoms with Crippen LogP contribution >= 0.6 is 11.3 Å². The van der Waals surface area contributed by atoms with Gasteiger partial charge in [-0.05, 0) is 31.3 Å². The number of amides is 1. The van der Waals surface area contributed by atoms with Gasteiger partial charge in [-0.2, -0.15) is 0 Å². The molecule has 0 saturated heterocycles. The molecule has 0 unspecified atom stereocenters. The predicted molar refractivity (Wildman–Crippen MR) is 130 cm³/mol. The summed E-state index contributed by atoms with van der Waals surface area (Å²) in [6.45, 7) is 8.30. The van der Waals surface area contributed by atoms with E-state index in [1.165, 1.54) is 11.3 Å². The van der Waals surface area contributed by atoms with Crippen LogP contribution in [0.2, 0.25) is 0 Å². The van der Waals surface area contributed by atoms with Crippen LogP contribution < -0.4 is 23.8 Å². The van der Waals surface area contributed by atoms with Crippen LogP contribution in [0.3, 0.4) is 0 Å². The third-order valence-corrected chi connectivity index (χ3v) is 6.72. The zero-order valence-corrected chi connectivity index (χ0v) is 20.2. The molecule has 0 spiro atoms. The molecule has 8 nitrogen and oxygen atoms in total. The number of aromatic nitrogens is 1. The van der Waals surface area contributed by atoms with E-state index in [-0.39, 0.29) is 5.91 Å². The SMILES string of the molecule is CCN(CC)CCN(C(=O)c1ccc2c(c1)OCCO2)c1nc2cc(OC)c(OC)cc2s1. The van der Waals surface area contributed by atoms with Gasteiger partial charge >= 0.3 is 0 Å². The summed E-state index contributed by atoms with van der Waals surface area (Å²) >= 11 is 1.46. The highest BCUT2D eigenvalue weighted by molar-refractivity contribution is 7.22. The molecule has 0 fully saturated rings. The van der Waals surface area contributed by atoms with Gasteiger partial charge in [0.05, 0.1) is 24.4 Å². The molecular formula is C24H29N3O5S. The Kier molecular flexibility index (Phi) is 7.20. The van der Waals surface area contributed by atoms with Gasteiger partial charge in [0.2, 0.25) is 0 Å². The van der Waals surface area contributed by atoms with Gasteiger partial charge < -0.3 is 23.8 Å². The number of nitrogens with zero attached hydrogens (tertiary/aromatic N) is 3. The number of thiazole rings is 1. The van der Waals surface area contributed by atoms with Crippen LogP contribution in [0, 0.1) is 0 Å².